The van der Waals surface area contributed by atoms with Crippen LogP contribution in [0.3, 0.4) is 0 Å². The maximum atomic E-state index is 12.8. The first-order valence-corrected chi connectivity index (χ1v) is 9.79. The molecule has 1 aromatic carbocycles. The summed E-state index contributed by atoms with van der Waals surface area (Å²) in [6.07, 6.45) is -0.0242. The van der Waals surface area contributed by atoms with E-state index in [0.29, 0.717) is 17.9 Å². The highest BCUT2D eigenvalue weighted by atomic mass is 32.2. The number of thioether (sulfide) groups is 1. The third-order valence-corrected chi connectivity index (χ3v) is 6.81. The fourth-order valence-electron chi connectivity index (χ4n) is 3.65. The molecule has 0 saturated heterocycles. The second-order valence-corrected chi connectivity index (χ2v) is 8.88. The van der Waals surface area contributed by atoms with Crippen molar-refractivity contribution in [3.05, 3.63) is 23.8 Å². The Morgan fingerprint density at radius 2 is 2.11 bits per heavy atom. The second kappa shape index (κ2) is 6.83. The lowest BCUT2D eigenvalue weighted by molar-refractivity contribution is -0.190. The number of benzene rings is 1. The fourth-order valence-corrected chi connectivity index (χ4v) is 4.58. The van der Waals surface area contributed by atoms with E-state index in [-0.39, 0.29) is 23.7 Å². The number of carboxylic acid groups (broad SMARTS) is 1. The van der Waals surface area contributed by atoms with Gasteiger partial charge in [-0.2, -0.15) is 0 Å². The van der Waals surface area contributed by atoms with Gasteiger partial charge in [0.2, 0.25) is 5.91 Å². The lowest BCUT2D eigenvalue weighted by atomic mass is 9.54. The van der Waals surface area contributed by atoms with E-state index in [1.54, 1.807) is 32.0 Å². The number of ether oxygens (including phenoxy) is 1. The molecule has 1 aromatic rings. The van der Waals surface area contributed by atoms with Crippen LogP contribution in [0.2, 0.25) is 0 Å². The van der Waals surface area contributed by atoms with Crippen LogP contribution in [0, 0.1) is 5.41 Å². The van der Waals surface area contributed by atoms with Gasteiger partial charge in [0, 0.05) is 28.9 Å². The maximum Gasteiger partial charge on any atom is 0.330 e. The minimum atomic E-state index is -1.40. The van der Waals surface area contributed by atoms with Crippen LogP contribution in [0.15, 0.2) is 23.1 Å². The minimum absolute atomic E-state index is 0.119. The first-order chi connectivity index (χ1) is 12.6. The van der Waals surface area contributed by atoms with Crippen molar-refractivity contribution in [3.8, 4) is 0 Å². The molecule has 3 N–H and O–H groups in total. The van der Waals surface area contributed by atoms with Gasteiger partial charge in [-0.25, -0.2) is 4.79 Å². The molecule has 0 spiro atoms. The van der Waals surface area contributed by atoms with Crippen LogP contribution in [-0.4, -0.2) is 46.4 Å². The van der Waals surface area contributed by atoms with Gasteiger partial charge in [-0.3, -0.25) is 9.59 Å². The Bertz CT molecular complexity index is 809. The molecule has 1 heterocycles. The van der Waals surface area contributed by atoms with Crippen LogP contribution in [0.4, 0.5) is 5.69 Å². The third-order valence-electron chi connectivity index (χ3n) is 5.63. The number of amides is 2. The number of carboxylic acids is 1. The molecular formula is C19H24N2O5S. The van der Waals surface area contributed by atoms with Crippen LogP contribution in [0.25, 0.3) is 0 Å². The van der Waals surface area contributed by atoms with E-state index in [4.69, 9.17) is 4.74 Å². The summed E-state index contributed by atoms with van der Waals surface area (Å²) in [4.78, 5) is 37.6. The van der Waals surface area contributed by atoms with E-state index < -0.39 is 22.8 Å². The Morgan fingerprint density at radius 3 is 2.70 bits per heavy atom. The van der Waals surface area contributed by atoms with Gasteiger partial charge in [-0.1, -0.05) is 13.8 Å². The summed E-state index contributed by atoms with van der Waals surface area (Å²) in [6.45, 7) is 7.73. The van der Waals surface area contributed by atoms with Crippen molar-refractivity contribution < 1.29 is 24.2 Å². The number of anilines is 1. The first kappa shape index (κ1) is 19.7. The lowest BCUT2D eigenvalue weighted by Gasteiger charge is -2.58. The highest BCUT2D eigenvalue weighted by molar-refractivity contribution is 8.00. The molecule has 7 nitrogen and oxygen atoms in total. The highest BCUT2D eigenvalue weighted by Gasteiger charge is 2.66. The van der Waals surface area contributed by atoms with Crippen molar-refractivity contribution in [2.24, 2.45) is 5.41 Å². The van der Waals surface area contributed by atoms with Crippen LogP contribution in [0.5, 0.6) is 0 Å². The van der Waals surface area contributed by atoms with E-state index in [1.807, 2.05) is 13.8 Å². The molecule has 1 aliphatic heterocycles. The van der Waals surface area contributed by atoms with Crippen molar-refractivity contribution in [2.75, 3.05) is 11.9 Å². The largest absolute Gasteiger partial charge is 0.479 e. The summed E-state index contributed by atoms with van der Waals surface area (Å²) in [5.74, 6) is -1.68. The molecular weight excluding hydrogens is 368 g/mol. The number of hydrogen-bond donors (Lipinski definition) is 3. The maximum absolute atomic E-state index is 12.8. The molecule has 2 amide bonds. The topological polar surface area (TPSA) is 105 Å². The summed E-state index contributed by atoms with van der Waals surface area (Å²) in [5.41, 5.74) is -1.27. The molecule has 1 fully saturated rings. The number of carbonyl (C=O) groups is 3. The van der Waals surface area contributed by atoms with Crippen LogP contribution in [0.1, 0.15) is 44.5 Å². The molecule has 146 valence electrons. The Hall–Kier alpha value is -2.06. The van der Waals surface area contributed by atoms with Crippen molar-refractivity contribution in [1.29, 1.82) is 0 Å². The smallest absolute Gasteiger partial charge is 0.330 e. The van der Waals surface area contributed by atoms with Gasteiger partial charge in [-0.05, 0) is 32.0 Å². The van der Waals surface area contributed by atoms with Gasteiger partial charge in [0.25, 0.3) is 5.91 Å². The zero-order valence-corrected chi connectivity index (χ0v) is 16.6. The number of carbonyl (C=O) groups excluding carboxylic acids is 2. The van der Waals surface area contributed by atoms with Crippen LogP contribution >= 0.6 is 11.8 Å². The van der Waals surface area contributed by atoms with Gasteiger partial charge >= 0.3 is 5.97 Å². The lowest BCUT2D eigenvalue weighted by Crippen LogP contribution is -2.76. The predicted octanol–water partition coefficient (Wildman–Crippen LogP) is 2.51. The highest BCUT2D eigenvalue weighted by Crippen LogP contribution is 2.51. The van der Waals surface area contributed by atoms with Gasteiger partial charge in [0.1, 0.15) is 5.54 Å². The monoisotopic (exact) mass is 392 g/mol. The first-order valence-electron chi connectivity index (χ1n) is 8.91. The summed E-state index contributed by atoms with van der Waals surface area (Å²) >= 11 is 1.43. The quantitative estimate of drug-likeness (QED) is 0.711. The molecule has 1 saturated carbocycles. The molecule has 0 radical (unpaired) electrons. The van der Waals surface area contributed by atoms with Crippen LogP contribution < -0.4 is 10.6 Å². The normalized spacial score (nSPS) is 28.5. The Balaban J connectivity index is 1.83. The zero-order chi connectivity index (χ0) is 20.0. The Morgan fingerprint density at radius 1 is 1.41 bits per heavy atom. The standard InChI is InChI=1S/C19H24N2O5S/c1-5-26-14-9-19(17(24)25,18(14,3)4)21-16(23)11-6-7-13-12(8-11)20-15(22)10(2)27-13/h6-8,10,14H,5,9H2,1-4H3,(H,20,22)(H,21,23)(H,24,25). The molecule has 3 unspecified atom stereocenters. The van der Waals surface area contributed by atoms with Crippen molar-refractivity contribution in [2.45, 2.75) is 55.9 Å². The molecule has 0 bridgehead atoms. The van der Waals surface area contributed by atoms with E-state index in [2.05, 4.69) is 10.6 Å². The molecule has 1 aliphatic carbocycles. The van der Waals surface area contributed by atoms with E-state index in [0.717, 1.165) is 4.90 Å². The van der Waals surface area contributed by atoms with E-state index in [9.17, 15) is 19.5 Å². The predicted molar refractivity (Wildman–Crippen MR) is 102 cm³/mol. The van der Waals surface area contributed by atoms with Gasteiger partial charge < -0.3 is 20.5 Å². The molecule has 27 heavy (non-hydrogen) atoms. The van der Waals surface area contributed by atoms with Gasteiger partial charge in [0.15, 0.2) is 0 Å². The summed E-state index contributed by atoms with van der Waals surface area (Å²) in [5, 5.41) is 15.1. The van der Waals surface area contributed by atoms with Crippen LogP contribution in [-0.2, 0) is 14.3 Å². The summed E-state index contributed by atoms with van der Waals surface area (Å²) in [7, 11) is 0. The second-order valence-electron chi connectivity index (χ2n) is 7.49. The van der Waals surface area contributed by atoms with E-state index in [1.165, 1.54) is 11.8 Å². The molecule has 3 rings (SSSR count). The van der Waals surface area contributed by atoms with Gasteiger partial charge in [0.05, 0.1) is 17.0 Å². The average molecular weight is 392 g/mol. The number of aliphatic carboxylic acids is 1. The summed E-state index contributed by atoms with van der Waals surface area (Å²) < 4.78 is 5.62. The molecule has 2 aliphatic rings. The fraction of sp³-hybridized carbons (Fsp3) is 0.526. The average Bonchev–Trinajstić information content (AvgIpc) is 2.60. The number of rotatable bonds is 5. The zero-order valence-electron chi connectivity index (χ0n) is 15.8. The molecule has 3 atom stereocenters. The number of nitrogens with one attached hydrogen (secondary N) is 2. The Labute approximate surface area is 162 Å². The SMILES string of the molecule is CCOC1CC(NC(=O)c2ccc3c(c2)NC(=O)C(C)S3)(C(=O)O)C1(C)C. The summed E-state index contributed by atoms with van der Waals surface area (Å²) in [6, 6.07) is 5.00. The Kier molecular flexibility index (Phi) is 4.98. The van der Waals surface area contributed by atoms with Crippen molar-refractivity contribution in [3.63, 3.8) is 0 Å². The number of fused-ring (bicyclic) bond motifs is 1. The number of hydrogen-bond acceptors (Lipinski definition) is 5. The van der Waals surface area contributed by atoms with Crippen molar-refractivity contribution in [1.82, 2.24) is 5.32 Å². The van der Waals surface area contributed by atoms with Gasteiger partial charge in [-0.15, -0.1) is 11.8 Å². The minimum Gasteiger partial charge on any atom is -0.479 e. The van der Waals surface area contributed by atoms with Crippen molar-refractivity contribution >= 4 is 35.2 Å². The molecule has 8 heteroatoms. The third kappa shape index (κ3) is 3.10. The van der Waals surface area contributed by atoms with E-state index >= 15 is 0 Å². The molecule has 0 aromatic heterocycles.